The average Bonchev–Trinajstić information content (AvgIpc) is 2.35. The Kier molecular flexibility index (Phi) is 4.39. The van der Waals surface area contributed by atoms with Crippen molar-refractivity contribution < 1.29 is 14.8 Å². The van der Waals surface area contributed by atoms with Gasteiger partial charge in [0.1, 0.15) is 5.69 Å². The number of nitro benzene ring substituents is 1. The third kappa shape index (κ3) is 3.75. The number of nitrogens with zero attached hydrogens (tertiary/aromatic N) is 1. The van der Waals surface area contributed by atoms with E-state index in [0.29, 0.717) is 11.6 Å². The number of hydrogen-bond acceptors (Lipinski definition) is 4. The second-order valence-electron chi connectivity index (χ2n) is 7.05. The Labute approximate surface area is 129 Å². The first-order valence-electron chi connectivity index (χ1n) is 7.46. The van der Waals surface area contributed by atoms with E-state index in [9.17, 15) is 14.9 Å². The van der Waals surface area contributed by atoms with Crippen LogP contribution in [0, 0.1) is 21.4 Å². The quantitative estimate of drug-likeness (QED) is 0.649. The zero-order valence-electron chi connectivity index (χ0n) is 13.1. The summed E-state index contributed by atoms with van der Waals surface area (Å²) >= 11 is 0. The summed E-state index contributed by atoms with van der Waals surface area (Å²) in [7, 11) is 0. The summed E-state index contributed by atoms with van der Waals surface area (Å²) in [5.41, 5.74) is 0.334. The van der Waals surface area contributed by atoms with Crippen molar-refractivity contribution in [2.24, 2.45) is 11.3 Å². The molecule has 2 rings (SSSR count). The van der Waals surface area contributed by atoms with Gasteiger partial charge in [-0.1, -0.05) is 20.8 Å². The Morgan fingerprint density at radius 2 is 2.09 bits per heavy atom. The molecule has 0 spiro atoms. The van der Waals surface area contributed by atoms with Crippen molar-refractivity contribution in [3.05, 3.63) is 33.9 Å². The number of nitro groups is 1. The molecule has 1 aliphatic carbocycles. The van der Waals surface area contributed by atoms with Crippen molar-refractivity contribution >= 4 is 17.3 Å². The molecule has 0 heterocycles. The molecule has 6 nitrogen and oxygen atoms in total. The molecule has 0 radical (unpaired) electrons. The molecule has 6 heteroatoms. The van der Waals surface area contributed by atoms with Gasteiger partial charge in [-0.25, -0.2) is 4.79 Å². The predicted molar refractivity (Wildman–Crippen MR) is 84.3 cm³/mol. The van der Waals surface area contributed by atoms with E-state index in [1.165, 1.54) is 12.1 Å². The molecule has 0 amide bonds. The van der Waals surface area contributed by atoms with Crippen molar-refractivity contribution in [3.8, 4) is 0 Å². The maximum absolute atomic E-state index is 11.2. The number of anilines is 1. The molecule has 22 heavy (non-hydrogen) atoms. The monoisotopic (exact) mass is 306 g/mol. The molecule has 1 fully saturated rings. The Morgan fingerprint density at radius 1 is 1.41 bits per heavy atom. The van der Waals surface area contributed by atoms with E-state index < -0.39 is 10.9 Å². The van der Waals surface area contributed by atoms with Gasteiger partial charge in [0.2, 0.25) is 0 Å². The first-order valence-corrected chi connectivity index (χ1v) is 7.46. The van der Waals surface area contributed by atoms with E-state index in [0.717, 1.165) is 25.3 Å². The Morgan fingerprint density at radius 3 is 2.64 bits per heavy atom. The van der Waals surface area contributed by atoms with Crippen LogP contribution in [-0.2, 0) is 0 Å². The third-order valence-electron chi connectivity index (χ3n) is 4.19. The molecule has 1 aromatic carbocycles. The number of hydrogen-bond donors (Lipinski definition) is 2. The Bertz CT molecular complexity index is 598. The van der Waals surface area contributed by atoms with Crippen molar-refractivity contribution in [2.45, 2.75) is 46.1 Å². The summed E-state index contributed by atoms with van der Waals surface area (Å²) in [4.78, 5) is 21.6. The van der Waals surface area contributed by atoms with E-state index in [4.69, 9.17) is 5.11 Å². The molecule has 2 unspecified atom stereocenters. The number of nitrogens with one attached hydrogen (secondary N) is 1. The first-order chi connectivity index (χ1) is 10.2. The summed E-state index contributed by atoms with van der Waals surface area (Å²) in [5, 5.41) is 23.4. The second kappa shape index (κ2) is 5.94. The highest BCUT2D eigenvalue weighted by Crippen LogP contribution is 2.40. The molecule has 2 atom stereocenters. The van der Waals surface area contributed by atoms with Crippen molar-refractivity contribution in [3.63, 3.8) is 0 Å². The molecule has 0 bridgehead atoms. The standard InChI is InChI=1S/C16H22N2O4/c1-10-6-12(9-16(2,3)8-10)17-13-5-4-11(15(19)20)7-14(13)18(21)22/h4-5,7,10,12,17H,6,8-9H2,1-3H3,(H,19,20). The summed E-state index contributed by atoms with van der Waals surface area (Å²) in [6, 6.07) is 4.17. The zero-order valence-corrected chi connectivity index (χ0v) is 13.1. The minimum Gasteiger partial charge on any atom is -0.478 e. The van der Waals surface area contributed by atoms with Crippen LogP contribution in [0.1, 0.15) is 50.4 Å². The van der Waals surface area contributed by atoms with Crippen molar-refractivity contribution in [2.75, 3.05) is 5.32 Å². The van der Waals surface area contributed by atoms with Crippen LogP contribution in [0.5, 0.6) is 0 Å². The average molecular weight is 306 g/mol. The summed E-state index contributed by atoms with van der Waals surface area (Å²) < 4.78 is 0. The number of aromatic carboxylic acids is 1. The maximum Gasteiger partial charge on any atom is 0.335 e. The van der Waals surface area contributed by atoms with E-state index in [1.807, 2.05) is 0 Å². The summed E-state index contributed by atoms with van der Waals surface area (Å²) in [5.74, 6) is -0.610. The molecular weight excluding hydrogens is 284 g/mol. The van der Waals surface area contributed by atoms with E-state index in [2.05, 4.69) is 26.1 Å². The number of carboxylic acids is 1. The summed E-state index contributed by atoms with van der Waals surface area (Å²) in [6.07, 6.45) is 3.04. The lowest BCUT2D eigenvalue weighted by Crippen LogP contribution is -2.35. The fourth-order valence-corrected chi connectivity index (χ4v) is 3.61. The Hall–Kier alpha value is -2.11. The highest BCUT2D eigenvalue weighted by molar-refractivity contribution is 5.89. The highest BCUT2D eigenvalue weighted by atomic mass is 16.6. The lowest BCUT2D eigenvalue weighted by Gasteiger charge is -2.39. The molecule has 1 saturated carbocycles. The van der Waals surface area contributed by atoms with E-state index >= 15 is 0 Å². The van der Waals surface area contributed by atoms with Crippen LogP contribution in [0.15, 0.2) is 18.2 Å². The molecular formula is C16H22N2O4. The summed E-state index contributed by atoms with van der Waals surface area (Å²) in [6.45, 7) is 6.61. The first kappa shape index (κ1) is 16.3. The van der Waals surface area contributed by atoms with Crippen LogP contribution in [0.2, 0.25) is 0 Å². The topological polar surface area (TPSA) is 92.5 Å². The molecule has 0 aromatic heterocycles. The molecule has 0 aliphatic heterocycles. The predicted octanol–water partition coefficient (Wildman–Crippen LogP) is 3.92. The van der Waals surface area contributed by atoms with Crippen LogP contribution >= 0.6 is 0 Å². The van der Waals surface area contributed by atoms with Gasteiger partial charge >= 0.3 is 5.97 Å². The molecule has 0 saturated heterocycles. The minimum absolute atomic E-state index is 0.0745. The Balaban J connectivity index is 2.25. The largest absolute Gasteiger partial charge is 0.478 e. The van der Waals surface area contributed by atoms with Gasteiger partial charge in [-0.3, -0.25) is 10.1 Å². The van der Waals surface area contributed by atoms with Crippen LogP contribution < -0.4 is 5.32 Å². The SMILES string of the molecule is CC1CC(Nc2ccc(C(=O)O)cc2[N+](=O)[O-])CC(C)(C)C1. The third-order valence-corrected chi connectivity index (χ3v) is 4.19. The lowest BCUT2D eigenvalue weighted by molar-refractivity contribution is -0.384. The van der Waals surface area contributed by atoms with Crippen LogP contribution in [0.25, 0.3) is 0 Å². The zero-order chi connectivity index (χ0) is 16.5. The number of rotatable bonds is 4. The van der Waals surface area contributed by atoms with Gasteiger partial charge in [0, 0.05) is 12.1 Å². The molecule has 120 valence electrons. The van der Waals surface area contributed by atoms with Gasteiger partial charge in [-0.2, -0.15) is 0 Å². The van der Waals surface area contributed by atoms with E-state index in [1.54, 1.807) is 0 Å². The normalized spacial score (nSPS) is 23.8. The lowest BCUT2D eigenvalue weighted by atomic mass is 9.70. The molecule has 1 aromatic rings. The molecule has 1 aliphatic rings. The second-order valence-corrected chi connectivity index (χ2v) is 7.05. The van der Waals surface area contributed by atoms with Crippen LogP contribution in [0.4, 0.5) is 11.4 Å². The smallest absolute Gasteiger partial charge is 0.335 e. The number of carbonyl (C=O) groups is 1. The van der Waals surface area contributed by atoms with Crippen LogP contribution in [0.3, 0.4) is 0 Å². The van der Waals surface area contributed by atoms with Crippen LogP contribution in [-0.4, -0.2) is 22.0 Å². The molecule has 2 N–H and O–H groups in total. The fraction of sp³-hybridized carbons (Fsp3) is 0.562. The van der Waals surface area contributed by atoms with E-state index in [-0.39, 0.29) is 22.7 Å². The van der Waals surface area contributed by atoms with Crippen molar-refractivity contribution in [1.29, 1.82) is 0 Å². The highest BCUT2D eigenvalue weighted by Gasteiger charge is 2.32. The number of carboxylic acid groups (broad SMARTS) is 1. The van der Waals surface area contributed by atoms with Crippen molar-refractivity contribution in [1.82, 2.24) is 0 Å². The van der Waals surface area contributed by atoms with Gasteiger partial charge in [-0.05, 0) is 42.7 Å². The van der Waals surface area contributed by atoms with Gasteiger partial charge in [0.25, 0.3) is 5.69 Å². The minimum atomic E-state index is -1.16. The maximum atomic E-state index is 11.2. The van der Waals surface area contributed by atoms with Gasteiger partial charge < -0.3 is 10.4 Å². The van der Waals surface area contributed by atoms with Gasteiger partial charge in [0.15, 0.2) is 0 Å². The fourth-order valence-electron chi connectivity index (χ4n) is 3.61. The van der Waals surface area contributed by atoms with Gasteiger partial charge in [0.05, 0.1) is 10.5 Å². The number of benzene rings is 1. The van der Waals surface area contributed by atoms with Gasteiger partial charge in [-0.15, -0.1) is 0 Å².